The largest absolute Gasteiger partial charge is 0.389 e. The van der Waals surface area contributed by atoms with Gasteiger partial charge < -0.3 is 4.84 Å². The van der Waals surface area contributed by atoms with E-state index < -0.39 is 0 Å². The molecular weight excluding hydrogens is 162 g/mol. The van der Waals surface area contributed by atoms with Crippen LogP contribution in [-0.2, 0) is 4.84 Å². The van der Waals surface area contributed by atoms with Gasteiger partial charge in [-0.25, -0.2) is 0 Å². The molecule has 1 aliphatic heterocycles. The average Bonchev–Trinajstić information content (AvgIpc) is 2.77. The maximum atomic E-state index is 5.47. The highest BCUT2D eigenvalue weighted by Crippen LogP contribution is 2.57. The first-order valence-electron chi connectivity index (χ1n) is 5.27. The summed E-state index contributed by atoms with van der Waals surface area (Å²) in [6.45, 7) is 10.5. The zero-order valence-electron chi connectivity index (χ0n) is 9.48. The molecule has 0 radical (unpaired) electrons. The van der Waals surface area contributed by atoms with Crippen LogP contribution < -0.4 is 0 Å². The first-order chi connectivity index (χ1) is 6.06. The highest BCUT2D eigenvalue weighted by molar-refractivity contribution is 5.83. The van der Waals surface area contributed by atoms with Crippen LogP contribution in [0, 0.1) is 5.41 Å². The SMILES string of the molecule is CC.CC1=NOC(C)(C2(C)CC2)C1. The molecule has 0 spiro atoms. The van der Waals surface area contributed by atoms with Crippen LogP contribution in [0.1, 0.15) is 53.9 Å². The van der Waals surface area contributed by atoms with Crippen molar-refractivity contribution in [1.82, 2.24) is 0 Å². The second kappa shape index (κ2) is 3.32. The van der Waals surface area contributed by atoms with Crippen molar-refractivity contribution in [2.45, 2.75) is 59.5 Å². The van der Waals surface area contributed by atoms with Crippen LogP contribution in [0.2, 0.25) is 0 Å². The lowest BCUT2D eigenvalue weighted by Gasteiger charge is -2.28. The molecule has 1 heterocycles. The van der Waals surface area contributed by atoms with Crippen molar-refractivity contribution < 1.29 is 4.84 Å². The van der Waals surface area contributed by atoms with Gasteiger partial charge in [0.1, 0.15) is 5.60 Å². The molecule has 0 bridgehead atoms. The maximum Gasteiger partial charge on any atom is 0.145 e. The van der Waals surface area contributed by atoms with Crippen molar-refractivity contribution in [3.8, 4) is 0 Å². The van der Waals surface area contributed by atoms with E-state index in [0.717, 1.165) is 12.1 Å². The third-order valence-corrected chi connectivity index (χ3v) is 3.27. The standard InChI is InChI=1S/C9H15NO.C2H6/c1-7-6-9(3,11-10-7)8(2)4-5-8;1-2/h4-6H2,1-3H3;1-2H3. The van der Waals surface area contributed by atoms with E-state index in [-0.39, 0.29) is 5.60 Å². The van der Waals surface area contributed by atoms with Crippen LogP contribution in [0.5, 0.6) is 0 Å². The highest BCUT2D eigenvalue weighted by Gasteiger charge is 2.57. The number of nitrogens with zero attached hydrogens (tertiary/aromatic N) is 1. The Morgan fingerprint density at radius 2 is 1.77 bits per heavy atom. The van der Waals surface area contributed by atoms with Gasteiger partial charge in [-0.15, -0.1) is 0 Å². The van der Waals surface area contributed by atoms with E-state index in [9.17, 15) is 0 Å². The van der Waals surface area contributed by atoms with E-state index in [4.69, 9.17) is 4.84 Å². The quantitative estimate of drug-likeness (QED) is 0.610. The number of hydrogen-bond acceptors (Lipinski definition) is 2. The summed E-state index contributed by atoms with van der Waals surface area (Å²) in [5.41, 5.74) is 1.56. The lowest BCUT2D eigenvalue weighted by Crippen LogP contribution is -2.34. The van der Waals surface area contributed by atoms with E-state index in [1.807, 2.05) is 20.8 Å². The van der Waals surface area contributed by atoms with Crippen molar-refractivity contribution in [2.75, 3.05) is 0 Å². The fourth-order valence-electron chi connectivity index (χ4n) is 1.77. The van der Waals surface area contributed by atoms with Crippen LogP contribution in [0.15, 0.2) is 5.16 Å². The highest BCUT2D eigenvalue weighted by atomic mass is 16.7. The minimum atomic E-state index is 0.0110. The summed E-state index contributed by atoms with van der Waals surface area (Å²) in [4.78, 5) is 5.47. The molecule has 0 N–H and O–H groups in total. The van der Waals surface area contributed by atoms with Crippen LogP contribution in [-0.4, -0.2) is 11.3 Å². The molecule has 76 valence electrons. The molecule has 1 unspecified atom stereocenters. The molecule has 0 aromatic carbocycles. The molecule has 1 saturated carbocycles. The normalized spacial score (nSPS) is 34.1. The molecule has 0 aromatic rings. The summed E-state index contributed by atoms with van der Waals surface area (Å²) < 4.78 is 0. The Hall–Kier alpha value is -0.530. The van der Waals surface area contributed by atoms with E-state index in [1.165, 1.54) is 12.8 Å². The maximum absolute atomic E-state index is 5.47. The minimum Gasteiger partial charge on any atom is -0.389 e. The Bertz CT molecular complexity index is 218. The average molecular weight is 183 g/mol. The Balaban J connectivity index is 0.000000396. The minimum absolute atomic E-state index is 0.0110. The van der Waals surface area contributed by atoms with Gasteiger partial charge in [0.15, 0.2) is 0 Å². The van der Waals surface area contributed by atoms with Gasteiger partial charge in [-0.05, 0) is 26.7 Å². The molecule has 2 aliphatic rings. The van der Waals surface area contributed by atoms with Crippen molar-refractivity contribution in [2.24, 2.45) is 10.6 Å². The van der Waals surface area contributed by atoms with Crippen molar-refractivity contribution >= 4 is 5.71 Å². The Kier molecular flexibility index (Phi) is 2.69. The van der Waals surface area contributed by atoms with Crippen LogP contribution >= 0.6 is 0 Å². The van der Waals surface area contributed by atoms with Crippen LogP contribution in [0.3, 0.4) is 0 Å². The number of oxime groups is 1. The van der Waals surface area contributed by atoms with Gasteiger partial charge in [-0.1, -0.05) is 25.9 Å². The zero-order chi connectivity index (χ0) is 10.1. The monoisotopic (exact) mass is 183 g/mol. The van der Waals surface area contributed by atoms with Gasteiger partial charge >= 0.3 is 0 Å². The molecule has 1 fully saturated rings. The van der Waals surface area contributed by atoms with Crippen LogP contribution in [0.25, 0.3) is 0 Å². The van der Waals surface area contributed by atoms with E-state index >= 15 is 0 Å². The number of hydrogen-bond donors (Lipinski definition) is 0. The van der Waals surface area contributed by atoms with Crippen molar-refractivity contribution in [3.05, 3.63) is 0 Å². The summed E-state index contributed by atoms with van der Waals surface area (Å²) in [7, 11) is 0. The van der Waals surface area contributed by atoms with E-state index in [2.05, 4.69) is 19.0 Å². The molecular formula is C11H21NO. The molecule has 1 atom stereocenters. The van der Waals surface area contributed by atoms with Crippen LogP contribution in [0.4, 0.5) is 0 Å². The third-order valence-electron chi connectivity index (χ3n) is 3.27. The lowest BCUT2D eigenvalue weighted by molar-refractivity contribution is -0.0549. The smallest absolute Gasteiger partial charge is 0.145 e. The Morgan fingerprint density at radius 1 is 1.23 bits per heavy atom. The topological polar surface area (TPSA) is 21.6 Å². The Labute approximate surface area is 81.3 Å². The van der Waals surface area contributed by atoms with Gasteiger partial charge in [0, 0.05) is 11.8 Å². The summed E-state index contributed by atoms with van der Waals surface area (Å²) in [6.07, 6.45) is 3.61. The molecule has 0 aromatic heterocycles. The van der Waals surface area contributed by atoms with Crippen molar-refractivity contribution in [3.63, 3.8) is 0 Å². The van der Waals surface area contributed by atoms with Gasteiger partial charge in [-0.2, -0.15) is 0 Å². The summed E-state index contributed by atoms with van der Waals surface area (Å²) >= 11 is 0. The third kappa shape index (κ3) is 1.72. The second-order valence-electron chi connectivity index (χ2n) is 4.39. The number of rotatable bonds is 1. The molecule has 0 saturated heterocycles. The predicted octanol–water partition coefficient (Wildman–Crippen LogP) is 3.37. The summed E-state index contributed by atoms with van der Waals surface area (Å²) in [6, 6.07) is 0. The molecule has 2 rings (SSSR count). The first-order valence-corrected chi connectivity index (χ1v) is 5.27. The van der Waals surface area contributed by atoms with E-state index in [1.54, 1.807) is 0 Å². The van der Waals surface area contributed by atoms with Gasteiger partial charge in [0.2, 0.25) is 0 Å². The predicted molar refractivity (Wildman–Crippen MR) is 55.9 cm³/mol. The molecule has 1 aliphatic carbocycles. The molecule has 2 nitrogen and oxygen atoms in total. The molecule has 0 amide bonds. The first kappa shape index (κ1) is 10.6. The Morgan fingerprint density at radius 3 is 2.08 bits per heavy atom. The fraction of sp³-hybridized carbons (Fsp3) is 0.909. The van der Waals surface area contributed by atoms with E-state index in [0.29, 0.717) is 5.41 Å². The van der Waals surface area contributed by atoms with Gasteiger partial charge in [0.05, 0.1) is 5.71 Å². The summed E-state index contributed by atoms with van der Waals surface area (Å²) in [5, 5.41) is 4.01. The molecule has 2 heteroatoms. The summed E-state index contributed by atoms with van der Waals surface area (Å²) in [5.74, 6) is 0. The van der Waals surface area contributed by atoms with Gasteiger partial charge in [-0.3, -0.25) is 0 Å². The van der Waals surface area contributed by atoms with Crippen molar-refractivity contribution in [1.29, 1.82) is 0 Å². The second-order valence-corrected chi connectivity index (χ2v) is 4.39. The lowest BCUT2D eigenvalue weighted by atomic mass is 9.84. The zero-order valence-corrected chi connectivity index (χ0v) is 9.48. The fourth-order valence-corrected chi connectivity index (χ4v) is 1.77. The van der Waals surface area contributed by atoms with Gasteiger partial charge in [0.25, 0.3) is 0 Å². The molecule has 13 heavy (non-hydrogen) atoms.